The van der Waals surface area contributed by atoms with Crippen molar-refractivity contribution in [3.63, 3.8) is 0 Å². The number of methoxy groups -OCH3 is 3. The summed E-state index contributed by atoms with van der Waals surface area (Å²) in [6, 6.07) is 9.70. The highest BCUT2D eigenvalue weighted by molar-refractivity contribution is 5.88. The molecule has 0 aromatic heterocycles. The van der Waals surface area contributed by atoms with Gasteiger partial charge in [0.15, 0.2) is 0 Å². The molecule has 1 aromatic carbocycles. The fraction of sp³-hybridized carbons (Fsp3) is 0.621. The Balaban J connectivity index is 2.38. The maximum absolute atomic E-state index is 13.0. The molecule has 202 valence electrons. The zero-order valence-electron chi connectivity index (χ0n) is 22.5. The van der Waals surface area contributed by atoms with E-state index in [9.17, 15) is 15.0 Å². The summed E-state index contributed by atoms with van der Waals surface area (Å²) in [7, 11) is 4.78. The number of aliphatic hydroxyl groups excluding tert-OH is 2. The van der Waals surface area contributed by atoms with Gasteiger partial charge < -0.3 is 29.2 Å². The normalized spacial score (nSPS) is 35.2. The average molecular weight is 505 g/mol. The SMILES string of the molecule is COC1CCCC[C@@H](c2ccccc2)OC(=O)/C(C)=C/[C@H](OC)[C@@H](O)[C@H](C)[C@@H](O)[C@@H](C)C=C[C@H]1OC. The summed E-state index contributed by atoms with van der Waals surface area (Å²) in [6.07, 6.45) is 5.08. The summed E-state index contributed by atoms with van der Waals surface area (Å²) in [4.78, 5) is 13.0. The zero-order valence-corrected chi connectivity index (χ0v) is 22.5. The zero-order chi connectivity index (χ0) is 26.7. The number of cyclic esters (lactones) is 1. The number of hydrogen-bond donors (Lipinski definition) is 2. The molecule has 7 nitrogen and oxygen atoms in total. The average Bonchev–Trinajstić information content (AvgIpc) is 2.90. The lowest BCUT2D eigenvalue weighted by Gasteiger charge is -2.31. The molecule has 2 N–H and O–H groups in total. The van der Waals surface area contributed by atoms with E-state index >= 15 is 0 Å². The summed E-state index contributed by atoms with van der Waals surface area (Å²) in [6.45, 7) is 5.31. The van der Waals surface area contributed by atoms with Gasteiger partial charge in [0, 0.05) is 38.7 Å². The van der Waals surface area contributed by atoms with Crippen molar-refractivity contribution in [3.05, 3.63) is 59.7 Å². The Kier molecular flexibility index (Phi) is 12.8. The molecule has 0 spiro atoms. The van der Waals surface area contributed by atoms with Crippen molar-refractivity contribution in [3.8, 4) is 0 Å². The van der Waals surface area contributed by atoms with E-state index in [0.717, 1.165) is 24.8 Å². The van der Waals surface area contributed by atoms with E-state index in [2.05, 4.69) is 0 Å². The fourth-order valence-electron chi connectivity index (χ4n) is 4.63. The molecule has 1 aliphatic heterocycles. The van der Waals surface area contributed by atoms with Crippen LogP contribution < -0.4 is 0 Å². The molecule has 0 radical (unpaired) electrons. The van der Waals surface area contributed by atoms with Crippen LogP contribution in [0.4, 0.5) is 0 Å². The first-order valence-electron chi connectivity index (χ1n) is 12.8. The maximum atomic E-state index is 13.0. The Morgan fingerprint density at radius 1 is 0.861 bits per heavy atom. The Labute approximate surface area is 216 Å². The number of aliphatic hydroxyl groups is 2. The molecule has 2 rings (SSSR count). The van der Waals surface area contributed by atoms with Crippen molar-refractivity contribution in [1.29, 1.82) is 0 Å². The van der Waals surface area contributed by atoms with E-state index in [1.165, 1.54) is 7.11 Å². The number of hydrogen-bond acceptors (Lipinski definition) is 7. The molecule has 8 atom stereocenters. The van der Waals surface area contributed by atoms with Crippen LogP contribution in [-0.4, -0.2) is 68.0 Å². The molecule has 0 fully saturated rings. The van der Waals surface area contributed by atoms with Crippen molar-refractivity contribution in [2.45, 2.75) is 83.1 Å². The third-order valence-electron chi connectivity index (χ3n) is 7.13. The number of carbonyl (C=O) groups is 1. The fourth-order valence-corrected chi connectivity index (χ4v) is 4.63. The molecule has 36 heavy (non-hydrogen) atoms. The highest BCUT2D eigenvalue weighted by Gasteiger charge is 2.32. The van der Waals surface area contributed by atoms with Gasteiger partial charge in [-0.1, -0.05) is 62.8 Å². The third kappa shape index (κ3) is 8.53. The van der Waals surface area contributed by atoms with Crippen LogP contribution in [0.1, 0.15) is 58.1 Å². The van der Waals surface area contributed by atoms with Gasteiger partial charge in [-0.15, -0.1) is 0 Å². The molecule has 0 saturated carbocycles. The Hall–Kier alpha value is -2.03. The molecule has 0 saturated heterocycles. The number of ether oxygens (including phenoxy) is 4. The molecular formula is C29H44O7. The first kappa shape index (κ1) is 30.2. The molecule has 7 heteroatoms. The summed E-state index contributed by atoms with van der Waals surface area (Å²) in [5.74, 6) is -1.23. The lowest BCUT2D eigenvalue weighted by atomic mass is 9.86. The van der Waals surface area contributed by atoms with Gasteiger partial charge in [-0.05, 0) is 37.8 Å². The van der Waals surface area contributed by atoms with Crippen molar-refractivity contribution in [2.24, 2.45) is 11.8 Å². The Morgan fingerprint density at radius 3 is 2.11 bits per heavy atom. The van der Waals surface area contributed by atoms with Crippen LogP contribution in [0.3, 0.4) is 0 Å². The third-order valence-corrected chi connectivity index (χ3v) is 7.13. The van der Waals surface area contributed by atoms with E-state index in [-0.39, 0.29) is 18.1 Å². The quantitative estimate of drug-likeness (QED) is 0.464. The van der Waals surface area contributed by atoms with Crippen LogP contribution in [0, 0.1) is 11.8 Å². The van der Waals surface area contributed by atoms with Gasteiger partial charge >= 0.3 is 5.97 Å². The monoisotopic (exact) mass is 504 g/mol. The second-order valence-electron chi connectivity index (χ2n) is 9.70. The lowest BCUT2D eigenvalue weighted by Crippen LogP contribution is -2.41. The largest absolute Gasteiger partial charge is 0.454 e. The highest BCUT2D eigenvalue weighted by atomic mass is 16.5. The van der Waals surface area contributed by atoms with Gasteiger partial charge in [-0.25, -0.2) is 4.79 Å². The van der Waals surface area contributed by atoms with Crippen molar-refractivity contribution in [1.82, 2.24) is 0 Å². The number of carbonyl (C=O) groups excluding carboxylic acids is 1. The molecule has 1 aromatic rings. The van der Waals surface area contributed by atoms with Crippen LogP contribution in [0.5, 0.6) is 0 Å². The minimum absolute atomic E-state index is 0.154. The molecule has 1 aliphatic rings. The van der Waals surface area contributed by atoms with Gasteiger partial charge in [0.2, 0.25) is 0 Å². The predicted molar refractivity (Wildman–Crippen MR) is 139 cm³/mol. The van der Waals surface area contributed by atoms with Crippen molar-refractivity contribution >= 4 is 5.97 Å². The van der Waals surface area contributed by atoms with E-state index in [4.69, 9.17) is 18.9 Å². The molecule has 1 heterocycles. The number of rotatable bonds is 4. The minimum Gasteiger partial charge on any atom is -0.454 e. The van der Waals surface area contributed by atoms with Gasteiger partial charge in [0.1, 0.15) is 18.3 Å². The van der Waals surface area contributed by atoms with Crippen LogP contribution in [-0.2, 0) is 23.7 Å². The maximum Gasteiger partial charge on any atom is 0.334 e. The van der Waals surface area contributed by atoms with Gasteiger partial charge in [0.05, 0.1) is 18.3 Å². The Bertz CT molecular complexity index is 837. The standard InChI is InChI=1S/C29H44O7/c1-19-16-17-25(34-5)24(33-4)15-11-10-14-23(22-12-8-7-9-13-22)36-29(32)20(2)18-26(35-6)28(31)21(3)27(19)30/h7-9,12-13,16-19,21,23-28,30-31H,10-11,14-15H2,1-6H3/b17-16?,20-18+/t19-,21+,23-,24?,25+,26-,27-,28-/m0/s1. The van der Waals surface area contributed by atoms with Gasteiger partial charge in [-0.3, -0.25) is 0 Å². The Morgan fingerprint density at radius 2 is 1.50 bits per heavy atom. The number of esters is 1. The molecular weight excluding hydrogens is 460 g/mol. The van der Waals surface area contributed by atoms with Gasteiger partial charge in [-0.2, -0.15) is 0 Å². The summed E-state index contributed by atoms with van der Waals surface area (Å²) in [5.41, 5.74) is 1.28. The van der Waals surface area contributed by atoms with Crippen LogP contribution >= 0.6 is 0 Å². The van der Waals surface area contributed by atoms with E-state index in [0.29, 0.717) is 12.0 Å². The first-order chi connectivity index (χ1) is 17.2. The van der Waals surface area contributed by atoms with E-state index in [1.54, 1.807) is 34.1 Å². The molecule has 0 amide bonds. The topological polar surface area (TPSA) is 94.5 Å². The number of benzene rings is 1. The van der Waals surface area contributed by atoms with Crippen LogP contribution in [0.2, 0.25) is 0 Å². The van der Waals surface area contributed by atoms with E-state index in [1.807, 2.05) is 49.4 Å². The molecule has 0 bridgehead atoms. The predicted octanol–water partition coefficient (Wildman–Crippen LogP) is 4.39. The summed E-state index contributed by atoms with van der Waals surface area (Å²) < 4.78 is 22.8. The lowest BCUT2D eigenvalue weighted by molar-refractivity contribution is -0.145. The molecule has 0 aliphatic carbocycles. The summed E-state index contributed by atoms with van der Waals surface area (Å²) in [5, 5.41) is 21.9. The van der Waals surface area contributed by atoms with Crippen molar-refractivity contribution < 1.29 is 34.0 Å². The van der Waals surface area contributed by atoms with Crippen LogP contribution in [0.25, 0.3) is 0 Å². The van der Waals surface area contributed by atoms with Gasteiger partial charge in [0.25, 0.3) is 0 Å². The smallest absolute Gasteiger partial charge is 0.334 e. The van der Waals surface area contributed by atoms with Crippen LogP contribution in [0.15, 0.2) is 54.1 Å². The van der Waals surface area contributed by atoms with Crippen molar-refractivity contribution in [2.75, 3.05) is 21.3 Å². The second kappa shape index (κ2) is 15.3. The molecule has 1 unspecified atom stereocenters. The first-order valence-corrected chi connectivity index (χ1v) is 12.8. The van der Waals surface area contributed by atoms with E-state index < -0.39 is 36.3 Å². The summed E-state index contributed by atoms with van der Waals surface area (Å²) >= 11 is 0. The highest BCUT2D eigenvalue weighted by Crippen LogP contribution is 2.27. The second-order valence-corrected chi connectivity index (χ2v) is 9.70. The minimum atomic E-state index is -1.03.